The SMILES string of the molecule is CCC(N)C(Cn1[nH]cnc1=S)c1ccc(Cl)cc1Cl. The van der Waals surface area contributed by atoms with Gasteiger partial charge >= 0.3 is 0 Å². The Balaban J connectivity index is 2.37. The van der Waals surface area contributed by atoms with Crippen LogP contribution in [0.5, 0.6) is 0 Å². The number of aromatic amines is 1. The van der Waals surface area contributed by atoms with Crippen LogP contribution in [0.15, 0.2) is 24.5 Å². The van der Waals surface area contributed by atoms with Crippen molar-refractivity contribution in [3.8, 4) is 0 Å². The summed E-state index contributed by atoms with van der Waals surface area (Å²) in [6.07, 6.45) is 2.41. The molecule has 4 nitrogen and oxygen atoms in total. The lowest BCUT2D eigenvalue weighted by Gasteiger charge is -2.24. The average Bonchev–Trinajstić information content (AvgIpc) is 2.81. The molecule has 2 atom stereocenters. The molecular formula is C13H16Cl2N4S. The van der Waals surface area contributed by atoms with Crippen molar-refractivity contribution in [1.82, 2.24) is 14.8 Å². The first-order valence-electron chi connectivity index (χ1n) is 6.33. The number of hydrogen-bond acceptors (Lipinski definition) is 3. The van der Waals surface area contributed by atoms with Gasteiger partial charge < -0.3 is 5.73 Å². The highest BCUT2D eigenvalue weighted by atomic mass is 35.5. The quantitative estimate of drug-likeness (QED) is 0.820. The van der Waals surface area contributed by atoms with Gasteiger partial charge in [-0.25, -0.2) is 4.98 Å². The van der Waals surface area contributed by atoms with E-state index >= 15 is 0 Å². The normalized spacial score (nSPS) is 14.2. The predicted molar refractivity (Wildman–Crippen MR) is 84.9 cm³/mol. The minimum Gasteiger partial charge on any atom is -0.327 e. The van der Waals surface area contributed by atoms with E-state index in [0.717, 1.165) is 12.0 Å². The summed E-state index contributed by atoms with van der Waals surface area (Å²) in [6, 6.07) is 5.45. The molecule has 20 heavy (non-hydrogen) atoms. The molecule has 1 heterocycles. The predicted octanol–water partition coefficient (Wildman–Crippen LogP) is 3.77. The van der Waals surface area contributed by atoms with E-state index < -0.39 is 0 Å². The maximum absolute atomic E-state index is 6.30. The average molecular weight is 331 g/mol. The summed E-state index contributed by atoms with van der Waals surface area (Å²) in [6.45, 7) is 2.66. The van der Waals surface area contributed by atoms with Crippen molar-refractivity contribution in [3.63, 3.8) is 0 Å². The summed E-state index contributed by atoms with van der Waals surface area (Å²) < 4.78 is 2.30. The minimum atomic E-state index is -0.0288. The largest absolute Gasteiger partial charge is 0.327 e. The molecule has 7 heteroatoms. The lowest BCUT2D eigenvalue weighted by Crippen LogP contribution is -2.31. The van der Waals surface area contributed by atoms with E-state index in [1.165, 1.54) is 0 Å². The minimum absolute atomic E-state index is 0.0288. The highest BCUT2D eigenvalue weighted by Crippen LogP contribution is 2.31. The smallest absolute Gasteiger partial charge is 0.215 e. The first-order valence-corrected chi connectivity index (χ1v) is 7.50. The maximum Gasteiger partial charge on any atom is 0.215 e. The molecule has 0 bridgehead atoms. The van der Waals surface area contributed by atoms with E-state index in [0.29, 0.717) is 21.4 Å². The van der Waals surface area contributed by atoms with Crippen LogP contribution in [0.1, 0.15) is 24.8 Å². The van der Waals surface area contributed by atoms with Gasteiger partial charge in [0.15, 0.2) is 0 Å². The monoisotopic (exact) mass is 330 g/mol. The Bertz CT molecular complexity index is 637. The van der Waals surface area contributed by atoms with Crippen LogP contribution in [0.3, 0.4) is 0 Å². The molecule has 0 radical (unpaired) electrons. The molecule has 0 saturated heterocycles. The number of aromatic nitrogens is 3. The van der Waals surface area contributed by atoms with Crippen LogP contribution >= 0.6 is 35.4 Å². The van der Waals surface area contributed by atoms with Crippen molar-refractivity contribution >= 4 is 35.4 Å². The van der Waals surface area contributed by atoms with Gasteiger partial charge in [0.25, 0.3) is 0 Å². The van der Waals surface area contributed by atoms with E-state index in [2.05, 4.69) is 10.1 Å². The van der Waals surface area contributed by atoms with Gasteiger partial charge in [0, 0.05) is 22.0 Å². The van der Waals surface area contributed by atoms with Crippen molar-refractivity contribution in [2.45, 2.75) is 31.8 Å². The van der Waals surface area contributed by atoms with Crippen LogP contribution in [-0.4, -0.2) is 20.8 Å². The lowest BCUT2D eigenvalue weighted by atomic mass is 9.90. The molecule has 0 aliphatic rings. The van der Waals surface area contributed by atoms with Gasteiger partial charge in [-0.15, -0.1) is 0 Å². The fraction of sp³-hybridized carbons (Fsp3) is 0.385. The summed E-state index contributed by atoms with van der Waals surface area (Å²) in [5, 5.41) is 4.23. The Hall–Kier alpha value is -0.880. The summed E-state index contributed by atoms with van der Waals surface area (Å²) in [7, 11) is 0. The van der Waals surface area contributed by atoms with Gasteiger partial charge in [0.1, 0.15) is 6.33 Å². The van der Waals surface area contributed by atoms with Gasteiger partial charge in [0.2, 0.25) is 4.77 Å². The van der Waals surface area contributed by atoms with Crippen LogP contribution in [0, 0.1) is 4.77 Å². The van der Waals surface area contributed by atoms with E-state index in [4.69, 9.17) is 41.2 Å². The Morgan fingerprint density at radius 1 is 1.45 bits per heavy atom. The van der Waals surface area contributed by atoms with Crippen LogP contribution in [0.25, 0.3) is 0 Å². The second-order valence-corrected chi connectivity index (χ2v) is 5.83. The van der Waals surface area contributed by atoms with E-state index in [-0.39, 0.29) is 12.0 Å². The van der Waals surface area contributed by atoms with Crippen molar-refractivity contribution < 1.29 is 0 Å². The molecule has 108 valence electrons. The lowest BCUT2D eigenvalue weighted by molar-refractivity contribution is 0.430. The fourth-order valence-corrected chi connectivity index (χ4v) is 2.89. The Morgan fingerprint density at radius 2 is 2.20 bits per heavy atom. The number of nitrogens with one attached hydrogen (secondary N) is 1. The van der Waals surface area contributed by atoms with Crippen molar-refractivity contribution in [3.05, 3.63) is 44.9 Å². The molecule has 1 aromatic heterocycles. The molecule has 3 N–H and O–H groups in total. The number of nitrogens with two attached hydrogens (primary N) is 1. The molecule has 1 aromatic carbocycles. The zero-order valence-corrected chi connectivity index (χ0v) is 13.3. The Labute approximate surface area is 132 Å². The molecule has 0 spiro atoms. The third-order valence-corrected chi connectivity index (χ3v) is 4.24. The second-order valence-electron chi connectivity index (χ2n) is 4.62. The Kier molecular flexibility index (Phi) is 5.21. The Morgan fingerprint density at radius 3 is 2.75 bits per heavy atom. The van der Waals surface area contributed by atoms with Crippen molar-refractivity contribution in [2.75, 3.05) is 0 Å². The molecule has 2 aromatic rings. The number of rotatable bonds is 5. The van der Waals surface area contributed by atoms with E-state index in [1.807, 2.05) is 19.1 Å². The second kappa shape index (κ2) is 6.72. The number of nitrogens with zero attached hydrogens (tertiary/aromatic N) is 2. The van der Waals surface area contributed by atoms with Gasteiger partial charge in [0.05, 0.1) is 6.54 Å². The van der Waals surface area contributed by atoms with Crippen LogP contribution in [-0.2, 0) is 6.54 Å². The van der Waals surface area contributed by atoms with E-state index in [1.54, 1.807) is 17.1 Å². The summed E-state index contributed by atoms with van der Waals surface area (Å²) in [4.78, 5) is 4.01. The number of benzene rings is 1. The molecule has 0 aliphatic carbocycles. The zero-order chi connectivity index (χ0) is 14.7. The number of H-pyrrole nitrogens is 1. The molecule has 0 saturated carbocycles. The molecular weight excluding hydrogens is 315 g/mol. The third-order valence-electron chi connectivity index (χ3n) is 3.35. The van der Waals surface area contributed by atoms with Gasteiger partial charge in [-0.05, 0) is 36.3 Å². The summed E-state index contributed by atoms with van der Waals surface area (Å²) in [5.41, 5.74) is 7.22. The topological polar surface area (TPSA) is 59.6 Å². The number of halogens is 2. The molecule has 0 aliphatic heterocycles. The zero-order valence-electron chi connectivity index (χ0n) is 11.0. The molecule has 0 fully saturated rings. The third kappa shape index (κ3) is 3.41. The highest BCUT2D eigenvalue weighted by molar-refractivity contribution is 7.71. The summed E-state index contributed by atoms with van der Waals surface area (Å²) in [5.74, 6) is 0.0388. The molecule has 2 unspecified atom stereocenters. The standard InChI is InChI=1S/C13H16Cl2N4S/c1-2-12(16)10(6-19-13(20)17-7-18-19)9-4-3-8(14)5-11(9)15/h3-5,7,10,12H,2,6,16H2,1H3,(H,17,18,20). The molecule has 0 amide bonds. The highest BCUT2D eigenvalue weighted by Gasteiger charge is 2.22. The first kappa shape index (κ1) is 15.5. The van der Waals surface area contributed by atoms with Gasteiger partial charge in [-0.1, -0.05) is 36.2 Å². The summed E-state index contributed by atoms with van der Waals surface area (Å²) >= 11 is 17.4. The van der Waals surface area contributed by atoms with Crippen molar-refractivity contribution in [1.29, 1.82) is 0 Å². The number of hydrogen-bond donors (Lipinski definition) is 2. The van der Waals surface area contributed by atoms with Crippen LogP contribution in [0.4, 0.5) is 0 Å². The fourth-order valence-electron chi connectivity index (χ4n) is 2.16. The first-order chi connectivity index (χ1) is 9.52. The van der Waals surface area contributed by atoms with E-state index in [9.17, 15) is 0 Å². The van der Waals surface area contributed by atoms with Gasteiger partial charge in [-0.3, -0.25) is 9.78 Å². The van der Waals surface area contributed by atoms with Crippen molar-refractivity contribution in [2.24, 2.45) is 5.73 Å². The van der Waals surface area contributed by atoms with Crippen LogP contribution in [0.2, 0.25) is 10.0 Å². The van der Waals surface area contributed by atoms with Crippen LogP contribution < -0.4 is 5.73 Å². The maximum atomic E-state index is 6.30. The van der Waals surface area contributed by atoms with Gasteiger partial charge in [-0.2, -0.15) is 0 Å². The molecule has 2 rings (SSSR count).